The van der Waals surface area contributed by atoms with Crippen molar-refractivity contribution in [2.24, 2.45) is 0 Å². The number of nitrogens with zero attached hydrogens (tertiary/aromatic N) is 2. The summed E-state index contributed by atoms with van der Waals surface area (Å²) in [7, 11) is 0. The van der Waals surface area contributed by atoms with Gasteiger partial charge >= 0.3 is 5.97 Å². The third-order valence-corrected chi connectivity index (χ3v) is 2.41. The van der Waals surface area contributed by atoms with Crippen molar-refractivity contribution in [2.75, 3.05) is 6.54 Å². The molecule has 0 saturated heterocycles. The van der Waals surface area contributed by atoms with Gasteiger partial charge in [-0.2, -0.15) is 0 Å². The van der Waals surface area contributed by atoms with Crippen LogP contribution in [0.15, 0.2) is 12.3 Å². The second-order valence-corrected chi connectivity index (χ2v) is 3.69. The minimum absolute atomic E-state index is 0.0341. The largest absolute Gasteiger partial charge is 0.479 e. The van der Waals surface area contributed by atoms with Crippen molar-refractivity contribution in [1.82, 2.24) is 9.88 Å². The summed E-state index contributed by atoms with van der Waals surface area (Å²) in [6.45, 7) is 1.57. The third-order valence-electron chi connectivity index (χ3n) is 2.41. The number of nitrogens with one attached hydrogen (secondary N) is 1. The van der Waals surface area contributed by atoms with Crippen LogP contribution in [0.5, 0.6) is 0 Å². The first-order valence-corrected chi connectivity index (χ1v) is 5.40. The lowest BCUT2D eigenvalue weighted by Gasteiger charge is -2.08. The lowest BCUT2D eigenvalue weighted by atomic mass is 10.3. The summed E-state index contributed by atoms with van der Waals surface area (Å²) in [6, 6.07) is 1.09. The highest BCUT2D eigenvalue weighted by atomic mass is 16.6. The number of aliphatic carboxylic acids is 1. The molecule has 0 fully saturated rings. The minimum Gasteiger partial charge on any atom is -0.479 e. The highest BCUT2D eigenvalue weighted by Crippen LogP contribution is 2.16. The minimum atomic E-state index is -1.72. The molecule has 0 aromatic carbocycles. The van der Waals surface area contributed by atoms with E-state index in [1.807, 2.05) is 0 Å². The molecular formula is C10H13N3O6. The van der Waals surface area contributed by atoms with E-state index < -0.39 is 29.4 Å². The van der Waals surface area contributed by atoms with Gasteiger partial charge in [0.15, 0.2) is 6.10 Å². The topological polar surface area (TPSA) is 135 Å². The normalized spacial score (nSPS) is 11.9. The van der Waals surface area contributed by atoms with E-state index in [9.17, 15) is 19.7 Å². The molecule has 1 amide bonds. The van der Waals surface area contributed by atoms with Crippen LogP contribution in [0, 0.1) is 10.1 Å². The molecule has 1 unspecified atom stereocenters. The molecule has 0 bridgehead atoms. The van der Waals surface area contributed by atoms with Crippen LogP contribution >= 0.6 is 0 Å². The number of carboxylic acid groups (broad SMARTS) is 1. The van der Waals surface area contributed by atoms with Crippen molar-refractivity contribution >= 4 is 17.6 Å². The van der Waals surface area contributed by atoms with Crippen LogP contribution < -0.4 is 5.32 Å². The summed E-state index contributed by atoms with van der Waals surface area (Å²) in [4.78, 5) is 32.1. The maximum atomic E-state index is 11.7. The molecule has 19 heavy (non-hydrogen) atoms. The number of carbonyl (C=O) groups excluding carboxylic acids is 1. The number of amides is 1. The van der Waals surface area contributed by atoms with Gasteiger partial charge in [-0.25, -0.2) is 4.79 Å². The number of aliphatic hydroxyl groups excluding tert-OH is 1. The van der Waals surface area contributed by atoms with E-state index in [0.717, 1.165) is 6.07 Å². The van der Waals surface area contributed by atoms with E-state index in [1.165, 1.54) is 10.8 Å². The Bertz CT molecular complexity index is 509. The van der Waals surface area contributed by atoms with E-state index >= 15 is 0 Å². The maximum absolute atomic E-state index is 11.7. The molecule has 9 nitrogen and oxygen atoms in total. The van der Waals surface area contributed by atoms with Gasteiger partial charge in [-0.05, 0) is 6.92 Å². The Morgan fingerprint density at radius 1 is 1.58 bits per heavy atom. The smallest absolute Gasteiger partial charge is 0.334 e. The molecule has 3 N–H and O–H groups in total. The fraction of sp³-hybridized carbons (Fsp3) is 0.400. The van der Waals surface area contributed by atoms with Gasteiger partial charge in [-0.15, -0.1) is 0 Å². The molecule has 0 spiro atoms. The van der Waals surface area contributed by atoms with E-state index in [2.05, 4.69) is 5.32 Å². The van der Waals surface area contributed by atoms with Gasteiger partial charge in [0, 0.05) is 12.6 Å². The van der Waals surface area contributed by atoms with Crippen molar-refractivity contribution in [3.63, 3.8) is 0 Å². The number of carbonyl (C=O) groups is 2. The molecule has 0 radical (unpaired) electrons. The summed E-state index contributed by atoms with van der Waals surface area (Å²) in [5, 5.41) is 30.3. The summed E-state index contributed by atoms with van der Waals surface area (Å²) >= 11 is 0. The second-order valence-electron chi connectivity index (χ2n) is 3.69. The molecular weight excluding hydrogens is 258 g/mol. The number of rotatable bonds is 6. The first kappa shape index (κ1) is 14.6. The number of hydrogen-bond acceptors (Lipinski definition) is 5. The van der Waals surface area contributed by atoms with Crippen molar-refractivity contribution in [3.05, 3.63) is 28.1 Å². The van der Waals surface area contributed by atoms with E-state index in [0.29, 0.717) is 6.54 Å². The summed E-state index contributed by atoms with van der Waals surface area (Å²) in [6.07, 6.45) is -0.508. The Balaban J connectivity index is 2.81. The monoisotopic (exact) mass is 271 g/mol. The SMILES string of the molecule is CCn1cc([N+](=O)[O-])cc1C(=O)NCC(O)C(=O)O. The molecule has 104 valence electrons. The van der Waals surface area contributed by atoms with Gasteiger partial charge in [-0.3, -0.25) is 14.9 Å². The van der Waals surface area contributed by atoms with Crippen LogP contribution in [0.4, 0.5) is 5.69 Å². The number of carboxylic acids is 1. The quantitative estimate of drug-likeness (QED) is 0.475. The van der Waals surface area contributed by atoms with Crippen LogP contribution in [-0.2, 0) is 11.3 Å². The van der Waals surface area contributed by atoms with Gasteiger partial charge in [0.25, 0.3) is 11.6 Å². The third kappa shape index (κ3) is 3.52. The Morgan fingerprint density at radius 3 is 2.68 bits per heavy atom. The standard InChI is InChI=1S/C10H13N3O6/c1-2-12-5-6(13(18)19)3-7(12)9(15)11-4-8(14)10(16)17/h3,5,8,14H,2,4H2,1H3,(H,11,15)(H,16,17). The molecule has 1 rings (SSSR count). The molecule has 9 heteroatoms. The summed E-state index contributed by atoms with van der Waals surface area (Å²) < 4.78 is 1.36. The summed E-state index contributed by atoms with van der Waals surface area (Å²) in [5.74, 6) is -2.15. The van der Waals surface area contributed by atoms with Crippen LogP contribution in [0.1, 0.15) is 17.4 Å². The van der Waals surface area contributed by atoms with E-state index in [1.54, 1.807) is 6.92 Å². The Hall–Kier alpha value is -2.42. The fourth-order valence-electron chi connectivity index (χ4n) is 1.41. The first-order valence-electron chi connectivity index (χ1n) is 5.40. The molecule has 1 aromatic rings. The Morgan fingerprint density at radius 2 is 2.21 bits per heavy atom. The summed E-state index contributed by atoms with van der Waals surface area (Å²) in [5.41, 5.74) is -0.197. The van der Waals surface area contributed by atoms with Crippen molar-refractivity contribution < 1.29 is 24.7 Å². The van der Waals surface area contributed by atoms with E-state index in [-0.39, 0.29) is 11.4 Å². The van der Waals surface area contributed by atoms with Gasteiger partial charge in [0.1, 0.15) is 5.69 Å². The average molecular weight is 271 g/mol. The van der Waals surface area contributed by atoms with Gasteiger partial charge in [0.05, 0.1) is 17.7 Å². The van der Waals surface area contributed by atoms with Crippen LogP contribution in [0.3, 0.4) is 0 Å². The molecule has 0 aliphatic rings. The first-order chi connectivity index (χ1) is 8.86. The van der Waals surface area contributed by atoms with Crippen molar-refractivity contribution in [2.45, 2.75) is 19.6 Å². The van der Waals surface area contributed by atoms with Gasteiger partial charge in [-0.1, -0.05) is 0 Å². The fourth-order valence-corrected chi connectivity index (χ4v) is 1.41. The Kier molecular flexibility index (Phi) is 4.59. The molecule has 1 aromatic heterocycles. The van der Waals surface area contributed by atoms with Crippen molar-refractivity contribution in [3.8, 4) is 0 Å². The highest BCUT2D eigenvalue weighted by molar-refractivity contribution is 5.93. The molecule has 0 aliphatic carbocycles. The predicted octanol–water partition coefficient (Wildman–Crippen LogP) is -0.409. The van der Waals surface area contributed by atoms with Crippen LogP contribution in [0.25, 0.3) is 0 Å². The van der Waals surface area contributed by atoms with Crippen LogP contribution in [-0.4, -0.2) is 44.2 Å². The zero-order valence-electron chi connectivity index (χ0n) is 10.1. The number of aliphatic hydroxyl groups is 1. The highest BCUT2D eigenvalue weighted by Gasteiger charge is 2.20. The zero-order valence-corrected chi connectivity index (χ0v) is 10.1. The van der Waals surface area contributed by atoms with Crippen LogP contribution in [0.2, 0.25) is 0 Å². The van der Waals surface area contributed by atoms with Gasteiger partial charge < -0.3 is 20.1 Å². The number of hydrogen-bond donors (Lipinski definition) is 3. The lowest BCUT2D eigenvalue weighted by Crippen LogP contribution is -2.37. The molecule has 0 aliphatic heterocycles. The number of aromatic nitrogens is 1. The number of nitro groups is 1. The zero-order chi connectivity index (χ0) is 14.6. The molecule has 0 saturated carbocycles. The maximum Gasteiger partial charge on any atom is 0.334 e. The Labute approximate surface area is 107 Å². The van der Waals surface area contributed by atoms with E-state index in [4.69, 9.17) is 10.2 Å². The molecule has 1 atom stereocenters. The molecule has 1 heterocycles. The van der Waals surface area contributed by atoms with Gasteiger partial charge in [0.2, 0.25) is 0 Å². The predicted molar refractivity (Wildman–Crippen MR) is 62.7 cm³/mol. The number of aryl methyl sites for hydroxylation is 1. The lowest BCUT2D eigenvalue weighted by molar-refractivity contribution is -0.384. The van der Waals surface area contributed by atoms with Crippen molar-refractivity contribution in [1.29, 1.82) is 0 Å². The average Bonchev–Trinajstić information content (AvgIpc) is 2.79. The second kappa shape index (κ2) is 5.96.